The van der Waals surface area contributed by atoms with E-state index in [4.69, 9.17) is 4.74 Å². The maximum absolute atomic E-state index is 12.2. The smallest absolute Gasteiger partial charge is 0.244 e. The van der Waals surface area contributed by atoms with Crippen molar-refractivity contribution in [3.8, 4) is 0 Å². The minimum Gasteiger partial charge on any atom is -0.378 e. The number of nitrogens with zero attached hydrogens (tertiary/aromatic N) is 5. The van der Waals surface area contributed by atoms with Crippen LogP contribution in [0.3, 0.4) is 0 Å². The van der Waals surface area contributed by atoms with Gasteiger partial charge in [-0.05, 0) is 12.1 Å². The lowest BCUT2D eigenvalue weighted by atomic mass is 10.3. The monoisotopic (exact) mass is 368 g/mol. The number of ether oxygens (including phenoxy) is 1. The number of carbonyl (C=O) groups is 2. The van der Waals surface area contributed by atoms with Crippen molar-refractivity contribution in [1.82, 2.24) is 24.1 Å². The Bertz CT molecular complexity index is 924. The molecule has 0 bridgehead atoms. The lowest BCUT2D eigenvalue weighted by Gasteiger charge is -2.26. The van der Waals surface area contributed by atoms with Crippen LogP contribution in [0.25, 0.3) is 5.65 Å². The van der Waals surface area contributed by atoms with Gasteiger partial charge in [-0.1, -0.05) is 6.07 Å². The van der Waals surface area contributed by atoms with Crippen molar-refractivity contribution in [2.45, 2.75) is 13.0 Å². The molecule has 0 unspecified atom stereocenters. The van der Waals surface area contributed by atoms with Crippen LogP contribution in [0.1, 0.15) is 5.69 Å². The molecule has 3 aromatic heterocycles. The molecule has 2 amide bonds. The van der Waals surface area contributed by atoms with Gasteiger partial charge in [0, 0.05) is 37.7 Å². The predicted octanol–water partition coefficient (Wildman–Crippen LogP) is 0.571. The SMILES string of the molecule is O=C(Cc1cn2ccccc2n1)Nc1ccn(CC(=O)N2CCOCC2)n1. The number of morpholine rings is 1. The first-order chi connectivity index (χ1) is 13.2. The molecule has 9 nitrogen and oxygen atoms in total. The zero-order valence-corrected chi connectivity index (χ0v) is 14.7. The summed E-state index contributed by atoms with van der Waals surface area (Å²) < 4.78 is 8.64. The summed E-state index contributed by atoms with van der Waals surface area (Å²) in [6.07, 6.45) is 5.55. The molecular weight excluding hydrogens is 348 g/mol. The number of hydrogen-bond acceptors (Lipinski definition) is 5. The van der Waals surface area contributed by atoms with Gasteiger partial charge in [0.15, 0.2) is 5.82 Å². The highest BCUT2D eigenvalue weighted by Crippen LogP contribution is 2.08. The number of aromatic nitrogens is 4. The minimum absolute atomic E-state index is 0.0102. The van der Waals surface area contributed by atoms with Crippen LogP contribution in [0, 0.1) is 0 Å². The molecule has 1 aliphatic heterocycles. The third kappa shape index (κ3) is 4.14. The van der Waals surface area contributed by atoms with E-state index in [1.54, 1.807) is 17.2 Å². The van der Waals surface area contributed by atoms with Gasteiger partial charge in [-0.2, -0.15) is 5.10 Å². The fraction of sp³-hybridized carbons (Fsp3) is 0.333. The van der Waals surface area contributed by atoms with E-state index in [-0.39, 0.29) is 24.8 Å². The summed E-state index contributed by atoms with van der Waals surface area (Å²) in [4.78, 5) is 30.6. The average molecular weight is 368 g/mol. The number of amides is 2. The number of pyridine rings is 1. The van der Waals surface area contributed by atoms with Crippen LogP contribution in [0.5, 0.6) is 0 Å². The van der Waals surface area contributed by atoms with Crippen LogP contribution in [0.2, 0.25) is 0 Å². The summed E-state index contributed by atoms with van der Waals surface area (Å²) in [6.45, 7) is 2.47. The summed E-state index contributed by atoms with van der Waals surface area (Å²) in [5, 5.41) is 6.99. The van der Waals surface area contributed by atoms with E-state index in [2.05, 4.69) is 15.4 Å². The van der Waals surface area contributed by atoms with Gasteiger partial charge in [0.05, 0.1) is 25.3 Å². The van der Waals surface area contributed by atoms with E-state index < -0.39 is 0 Å². The Morgan fingerprint density at radius 3 is 2.81 bits per heavy atom. The third-order valence-corrected chi connectivity index (χ3v) is 4.32. The Hall–Kier alpha value is -3.20. The number of nitrogens with one attached hydrogen (secondary N) is 1. The largest absolute Gasteiger partial charge is 0.378 e. The summed E-state index contributed by atoms with van der Waals surface area (Å²) in [5.74, 6) is 0.200. The van der Waals surface area contributed by atoms with Gasteiger partial charge in [-0.3, -0.25) is 14.3 Å². The molecular formula is C18H20N6O3. The molecule has 0 aliphatic carbocycles. The number of hydrogen-bond donors (Lipinski definition) is 1. The lowest BCUT2D eigenvalue weighted by molar-refractivity contribution is -0.136. The van der Waals surface area contributed by atoms with Crippen molar-refractivity contribution < 1.29 is 14.3 Å². The van der Waals surface area contributed by atoms with E-state index >= 15 is 0 Å². The molecule has 0 atom stereocenters. The summed E-state index contributed by atoms with van der Waals surface area (Å²) in [5.41, 5.74) is 1.48. The van der Waals surface area contributed by atoms with Gasteiger partial charge < -0.3 is 19.4 Å². The number of fused-ring (bicyclic) bond motifs is 1. The van der Waals surface area contributed by atoms with Crippen LogP contribution in [-0.4, -0.2) is 62.2 Å². The molecule has 1 saturated heterocycles. The fourth-order valence-electron chi connectivity index (χ4n) is 2.99. The molecule has 140 valence electrons. The second-order valence-electron chi connectivity index (χ2n) is 6.32. The van der Waals surface area contributed by atoms with Gasteiger partial charge in [-0.15, -0.1) is 0 Å². The van der Waals surface area contributed by atoms with Gasteiger partial charge in [-0.25, -0.2) is 4.98 Å². The molecule has 4 heterocycles. The second-order valence-corrected chi connectivity index (χ2v) is 6.32. The van der Waals surface area contributed by atoms with Gasteiger partial charge >= 0.3 is 0 Å². The van der Waals surface area contributed by atoms with Crippen LogP contribution in [-0.2, 0) is 27.3 Å². The Balaban J connectivity index is 1.32. The maximum Gasteiger partial charge on any atom is 0.244 e. The zero-order chi connectivity index (χ0) is 18.6. The third-order valence-electron chi connectivity index (χ3n) is 4.32. The van der Waals surface area contributed by atoms with Crippen LogP contribution in [0.4, 0.5) is 5.82 Å². The van der Waals surface area contributed by atoms with E-state index in [0.717, 1.165) is 5.65 Å². The highest BCUT2D eigenvalue weighted by Gasteiger charge is 2.17. The number of rotatable bonds is 5. The number of anilines is 1. The molecule has 27 heavy (non-hydrogen) atoms. The Morgan fingerprint density at radius 1 is 1.15 bits per heavy atom. The second kappa shape index (κ2) is 7.58. The number of carbonyl (C=O) groups excluding carboxylic acids is 2. The molecule has 0 spiro atoms. The summed E-state index contributed by atoms with van der Waals surface area (Å²) >= 11 is 0. The van der Waals surface area contributed by atoms with Gasteiger partial charge in [0.25, 0.3) is 0 Å². The average Bonchev–Trinajstić information content (AvgIpc) is 3.28. The molecule has 0 radical (unpaired) electrons. The molecule has 0 saturated carbocycles. The van der Waals surface area contributed by atoms with Gasteiger partial charge in [0.1, 0.15) is 12.2 Å². The maximum atomic E-state index is 12.2. The van der Waals surface area contributed by atoms with E-state index in [9.17, 15) is 9.59 Å². The Morgan fingerprint density at radius 2 is 2.00 bits per heavy atom. The molecule has 3 aromatic rings. The summed E-state index contributed by atoms with van der Waals surface area (Å²) in [6, 6.07) is 7.36. The molecule has 9 heteroatoms. The van der Waals surface area contributed by atoms with E-state index in [1.165, 1.54) is 4.68 Å². The van der Waals surface area contributed by atoms with Crippen LogP contribution < -0.4 is 5.32 Å². The quantitative estimate of drug-likeness (QED) is 0.711. The first kappa shape index (κ1) is 17.2. The minimum atomic E-state index is -0.205. The van der Waals surface area contributed by atoms with Crippen molar-refractivity contribution in [3.05, 3.63) is 48.5 Å². The van der Waals surface area contributed by atoms with Crippen molar-refractivity contribution in [1.29, 1.82) is 0 Å². The Kier molecular flexibility index (Phi) is 4.84. The molecule has 4 rings (SSSR count). The molecule has 0 aromatic carbocycles. The summed E-state index contributed by atoms with van der Waals surface area (Å²) in [7, 11) is 0. The van der Waals surface area contributed by atoms with Crippen molar-refractivity contribution >= 4 is 23.3 Å². The first-order valence-corrected chi connectivity index (χ1v) is 8.79. The molecule has 1 aliphatic rings. The molecule has 1 fully saturated rings. The predicted molar refractivity (Wildman–Crippen MR) is 97.2 cm³/mol. The van der Waals surface area contributed by atoms with Crippen molar-refractivity contribution in [2.24, 2.45) is 0 Å². The highest BCUT2D eigenvalue weighted by atomic mass is 16.5. The zero-order valence-electron chi connectivity index (χ0n) is 14.7. The number of imidazole rings is 1. The van der Waals surface area contributed by atoms with E-state index in [0.29, 0.717) is 37.8 Å². The molecule has 1 N–H and O–H groups in total. The normalized spacial score (nSPS) is 14.4. The fourth-order valence-corrected chi connectivity index (χ4v) is 2.99. The standard InChI is InChI=1S/C18H20N6O3/c25-17(11-14-12-23-5-2-1-3-16(23)19-14)20-15-4-6-24(21-15)13-18(26)22-7-9-27-10-8-22/h1-6,12H,7-11,13H2,(H,20,21,25). The Labute approximate surface area is 155 Å². The topological polar surface area (TPSA) is 93.8 Å². The van der Waals surface area contributed by atoms with Crippen LogP contribution >= 0.6 is 0 Å². The van der Waals surface area contributed by atoms with Gasteiger partial charge in [0.2, 0.25) is 11.8 Å². The lowest BCUT2D eigenvalue weighted by Crippen LogP contribution is -2.42. The van der Waals surface area contributed by atoms with Crippen molar-refractivity contribution in [3.63, 3.8) is 0 Å². The van der Waals surface area contributed by atoms with Crippen LogP contribution in [0.15, 0.2) is 42.9 Å². The van der Waals surface area contributed by atoms with E-state index in [1.807, 2.05) is 35.0 Å². The first-order valence-electron chi connectivity index (χ1n) is 8.79. The highest BCUT2D eigenvalue weighted by molar-refractivity contribution is 5.91. The van der Waals surface area contributed by atoms with Crippen molar-refractivity contribution in [2.75, 3.05) is 31.6 Å².